The van der Waals surface area contributed by atoms with Crippen LogP contribution in [0.4, 0.5) is 0 Å². The van der Waals surface area contributed by atoms with Crippen LogP contribution in [-0.2, 0) is 4.79 Å². The zero-order valence-corrected chi connectivity index (χ0v) is 10.9. The highest BCUT2D eigenvalue weighted by Gasteiger charge is 2.16. The molecule has 7 heteroatoms. The third-order valence-corrected chi connectivity index (χ3v) is 5.40. The fourth-order valence-corrected chi connectivity index (χ4v) is 4.54. The molecule has 16 heavy (non-hydrogen) atoms. The van der Waals surface area contributed by atoms with Gasteiger partial charge in [-0.15, -0.1) is 0 Å². The average molecular weight is 263 g/mol. The lowest BCUT2D eigenvalue weighted by atomic mass is 9.92. The molecule has 0 radical (unpaired) electrons. The van der Waals surface area contributed by atoms with Crippen molar-refractivity contribution < 1.29 is 14.8 Å². The largest absolute Gasteiger partial charge is 0.472 e. The van der Waals surface area contributed by atoms with Gasteiger partial charge in [-0.05, 0) is 19.3 Å². The fourth-order valence-electron chi connectivity index (χ4n) is 1.52. The Balaban J connectivity index is 1.91. The van der Waals surface area contributed by atoms with Gasteiger partial charge in [0.2, 0.25) is 5.91 Å². The molecule has 1 fully saturated rings. The maximum atomic E-state index is 11.2. The van der Waals surface area contributed by atoms with Crippen LogP contribution in [0, 0.1) is 0 Å². The van der Waals surface area contributed by atoms with Crippen molar-refractivity contribution >= 4 is 34.6 Å². The van der Waals surface area contributed by atoms with Crippen LogP contribution in [-0.4, -0.2) is 40.5 Å². The van der Waals surface area contributed by atoms with Gasteiger partial charge in [0, 0.05) is 17.4 Å². The number of amides is 1. The third-order valence-electron chi connectivity index (χ3n) is 2.39. The maximum Gasteiger partial charge on any atom is 0.472 e. The van der Waals surface area contributed by atoms with Crippen molar-refractivity contribution in [1.82, 2.24) is 5.32 Å². The first-order chi connectivity index (χ1) is 7.68. The van der Waals surface area contributed by atoms with Crippen LogP contribution in [0.2, 0.25) is 0 Å². The van der Waals surface area contributed by atoms with Gasteiger partial charge in [0.15, 0.2) is 0 Å². The van der Waals surface area contributed by atoms with Crippen molar-refractivity contribution in [2.24, 2.45) is 0 Å². The van der Waals surface area contributed by atoms with Crippen molar-refractivity contribution in [2.75, 3.05) is 12.2 Å². The molecular weight excluding hydrogens is 245 g/mol. The van der Waals surface area contributed by atoms with Crippen LogP contribution < -0.4 is 5.32 Å². The molecule has 4 nitrogen and oxygen atoms in total. The van der Waals surface area contributed by atoms with Crippen LogP contribution in [0.5, 0.6) is 0 Å². The fraction of sp³-hybridized carbons (Fsp3) is 0.889. The summed E-state index contributed by atoms with van der Waals surface area (Å²) in [6.45, 7) is 0. The first-order valence-corrected chi connectivity index (χ1v) is 7.98. The van der Waals surface area contributed by atoms with Crippen LogP contribution in [0.1, 0.15) is 32.1 Å². The number of carbonyl (C=O) groups excluding carboxylic acids is 1. The Bertz CT molecular complexity index is 213. The van der Waals surface area contributed by atoms with E-state index in [0.29, 0.717) is 6.42 Å². The molecule has 0 spiro atoms. The predicted molar refractivity (Wildman–Crippen MR) is 70.1 cm³/mol. The summed E-state index contributed by atoms with van der Waals surface area (Å²) < 4.78 is 0. The summed E-state index contributed by atoms with van der Waals surface area (Å²) in [6, 6.07) is 0. The van der Waals surface area contributed by atoms with E-state index >= 15 is 0 Å². The quantitative estimate of drug-likeness (QED) is 0.360. The van der Waals surface area contributed by atoms with E-state index in [1.54, 1.807) is 0 Å². The van der Waals surface area contributed by atoms with E-state index in [-0.39, 0.29) is 12.4 Å². The maximum absolute atomic E-state index is 11.2. The molecule has 1 aliphatic heterocycles. The monoisotopic (exact) mass is 263 g/mol. The van der Waals surface area contributed by atoms with Crippen LogP contribution in [0.15, 0.2) is 0 Å². The molecule has 1 heterocycles. The molecule has 0 aromatic heterocycles. The molecule has 1 aliphatic rings. The molecule has 0 saturated carbocycles. The zero-order valence-electron chi connectivity index (χ0n) is 9.22. The molecule has 1 saturated heterocycles. The molecule has 92 valence electrons. The topological polar surface area (TPSA) is 69.6 Å². The van der Waals surface area contributed by atoms with E-state index < -0.39 is 7.12 Å². The second-order valence-electron chi connectivity index (χ2n) is 3.86. The standard InChI is InChI=1S/C9H18BNO3S2/c12-9(11-7-10(13)14)4-2-1-3-8-5-6-15-16-8/h8,13-14H,1-7H2,(H,11,12)/t8-/m0/s1. The Kier molecular flexibility index (Phi) is 7.35. The highest BCUT2D eigenvalue weighted by molar-refractivity contribution is 8.77. The Labute approximate surface area is 104 Å². The Morgan fingerprint density at radius 3 is 2.88 bits per heavy atom. The second kappa shape index (κ2) is 8.28. The molecular formula is C9H18BNO3S2. The van der Waals surface area contributed by atoms with Gasteiger partial charge in [0.05, 0.1) is 6.44 Å². The molecule has 3 N–H and O–H groups in total. The smallest absolute Gasteiger partial charge is 0.426 e. The lowest BCUT2D eigenvalue weighted by Crippen LogP contribution is -2.34. The minimum Gasteiger partial charge on any atom is -0.426 e. The van der Waals surface area contributed by atoms with E-state index in [2.05, 4.69) is 5.32 Å². The number of nitrogens with one attached hydrogen (secondary N) is 1. The highest BCUT2D eigenvalue weighted by Crippen LogP contribution is 2.39. The van der Waals surface area contributed by atoms with Crippen molar-refractivity contribution in [2.45, 2.75) is 37.4 Å². The molecule has 0 aromatic carbocycles. The summed E-state index contributed by atoms with van der Waals surface area (Å²) in [5.74, 6) is 1.16. The summed E-state index contributed by atoms with van der Waals surface area (Å²) in [5, 5.41) is 20.3. The number of hydrogen-bond acceptors (Lipinski definition) is 5. The van der Waals surface area contributed by atoms with Gasteiger partial charge >= 0.3 is 7.12 Å². The van der Waals surface area contributed by atoms with Gasteiger partial charge in [-0.25, -0.2) is 0 Å². The summed E-state index contributed by atoms with van der Waals surface area (Å²) in [6.07, 6.45) is 4.85. The molecule has 0 bridgehead atoms. The Morgan fingerprint density at radius 2 is 2.25 bits per heavy atom. The lowest BCUT2D eigenvalue weighted by molar-refractivity contribution is -0.121. The average Bonchev–Trinajstić information content (AvgIpc) is 2.74. The number of rotatable bonds is 7. The first-order valence-electron chi connectivity index (χ1n) is 5.59. The predicted octanol–water partition coefficient (Wildman–Crippen LogP) is 0.829. The van der Waals surface area contributed by atoms with Gasteiger partial charge < -0.3 is 15.4 Å². The molecule has 1 amide bonds. The lowest BCUT2D eigenvalue weighted by Gasteiger charge is -2.07. The van der Waals surface area contributed by atoms with Crippen LogP contribution in [0.3, 0.4) is 0 Å². The summed E-state index contributed by atoms with van der Waals surface area (Å²) in [4.78, 5) is 11.2. The first kappa shape index (κ1) is 14.2. The number of unbranched alkanes of at least 4 members (excludes halogenated alkanes) is 1. The van der Waals surface area contributed by atoms with Crippen molar-refractivity contribution in [3.8, 4) is 0 Å². The Morgan fingerprint density at radius 1 is 1.44 bits per heavy atom. The van der Waals surface area contributed by atoms with Crippen molar-refractivity contribution in [3.05, 3.63) is 0 Å². The molecule has 1 atom stereocenters. The SMILES string of the molecule is O=C(CCCC[C@H]1CCSS1)NCB(O)O. The van der Waals surface area contributed by atoms with Crippen molar-refractivity contribution in [3.63, 3.8) is 0 Å². The van der Waals surface area contributed by atoms with Crippen molar-refractivity contribution in [1.29, 1.82) is 0 Å². The second-order valence-corrected chi connectivity index (χ2v) is 6.65. The zero-order chi connectivity index (χ0) is 11.8. The van der Waals surface area contributed by atoms with Gasteiger partial charge in [-0.3, -0.25) is 4.79 Å². The highest BCUT2D eigenvalue weighted by atomic mass is 33.1. The molecule has 0 aromatic rings. The van der Waals surface area contributed by atoms with Crippen LogP contribution >= 0.6 is 21.6 Å². The molecule has 0 unspecified atom stereocenters. The van der Waals surface area contributed by atoms with E-state index in [1.807, 2.05) is 21.6 Å². The minimum atomic E-state index is -1.45. The third kappa shape index (κ3) is 6.68. The van der Waals surface area contributed by atoms with Crippen LogP contribution in [0.25, 0.3) is 0 Å². The minimum absolute atomic E-state index is 0.0754. The number of carbonyl (C=O) groups is 1. The van der Waals surface area contributed by atoms with Gasteiger partial charge in [-0.1, -0.05) is 28.0 Å². The van der Waals surface area contributed by atoms with Gasteiger partial charge in [0.25, 0.3) is 0 Å². The van der Waals surface area contributed by atoms with Gasteiger partial charge in [0.1, 0.15) is 0 Å². The van der Waals surface area contributed by atoms with E-state index in [1.165, 1.54) is 18.6 Å². The van der Waals surface area contributed by atoms with E-state index in [0.717, 1.165) is 18.1 Å². The number of hydrogen-bond donors (Lipinski definition) is 3. The van der Waals surface area contributed by atoms with Gasteiger partial charge in [-0.2, -0.15) is 0 Å². The normalized spacial score (nSPS) is 19.8. The Hall–Kier alpha value is 0.155. The van der Waals surface area contributed by atoms with E-state index in [4.69, 9.17) is 10.0 Å². The molecule has 1 rings (SSSR count). The summed E-state index contributed by atoms with van der Waals surface area (Å²) in [5.41, 5.74) is 0. The summed E-state index contributed by atoms with van der Waals surface area (Å²) in [7, 11) is 2.46. The summed E-state index contributed by atoms with van der Waals surface area (Å²) >= 11 is 0. The molecule has 0 aliphatic carbocycles. The van der Waals surface area contributed by atoms with E-state index in [9.17, 15) is 4.79 Å².